The maximum Gasteiger partial charge on any atom is 0.138 e. The Bertz CT molecular complexity index is 577. The maximum absolute atomic E-state index is 5.69. The minimum absolute atomic E-state index is 0.153. The van der Waals surface area contributed by atoms with Gasteiger partial charge in [-0.25, -0.2) is 4.98 Å². The monoisotopic (exact) mass is 258 g/mol. The van der Waals surface area contributed by atoms with Crippen molar-refractivity contribution in [1.82, 2.24) is 19.9 Å². The van der Waals surface area contributed by atoms with Crippen LogP contribution in [0.25, 0.3) is 11.3 Å². The van der Waals surface area contributed by atoms with Crippen LogP contribution in [0.15, 0.2) is 24.7 Å². The molecule has 100 valence electrons. The average Bonchev–Trinajstić information content (AvgIpc) is 2.82. The Hall–Kier alpha value is -1.88. The summed E-state index contributed by atoms with van der Waals surface area (Å²) in [6.07, 6.45) is 5.68. The van der Waals surface area contributed by atoms with Gasteiger partial charge in [0.2, 0.25) is 0 Å². The Morgan fingerprint density at radius 2 is 2.21 bits per heavy atom. The van der Waals surface area contributed by atoms with E-state index in [0.29, 0.717) is 0 Å². The predicted molar refractivity (Wildman–Crippen MR) is 72.9 cm³/mol. The Balaban J connectivity index is 1.95. The number of aromatic nitrogens is 3. The number of fused-ring (bicyclic) bond motifs is 1. The van der Waals surface area contributed by atoms with Crippen molar-refractivity contribution >= 4 is 0 Å². The van der Waals surface area contributed by atoms with E-state index in [9.17, 15) is 0 Å². The SMILES string of the molecule is CC(C)Oc1cncc(-c2cnc3n2CCNC3)c1. The molecule has 2 aromatic rings. The van der Waals surface area contributed by atoms with E-state index >= 15 is 0 Å². The summed E-state index contributed by atoms with van der Waals surface area (Å²) < 4.78 is 7.94. The van der Waals surface area contributed by atoms with Gasteiger partial charge in [0.25, 0.3) is 0 Å². The first-order chi connectivity index (χ1) is 9.24. The van der Waals surface area contributed by atoms with Gasteiger partial charge in [0.1, 0.15) is 11.6 Å². The van der Waals surface area contributed by atoms with Crippen molar-refractivity contribution in [2.45, 2.75) is 33.0 Å². The van der Waals surface area contributed by atoms with E-state index < -0.39 is 0 Å². The van der Waals surface area contributed by atoms with Crippen molar-refractivity contribution in [2.24, 2.45) is 0 Å². The number of hydrogen-bond acceptors (Lipinski definition) is 4. The fraction of sp³-hybridized carbons (Fsp3) is 0.429. The Kier molecular flexibility index (Phi) is 3.21. The molecule has 3 rings (SSSR count). The first kappa shape index (κ1) is 12.2. The summed E-state index contributed by atoms with van der Waals surface area (Å²) in [6.45, 7) is 6.78. The van der Waals surface area contributed by atoms with Gasteiger partial charge in [-0.1, -0.05) is 0 Å². The summed E-state index contributed by atoms with van der Waals surface area (Å²) >= 11 is 0. The molecule has 1 aliphatic rings. The molecule has 0 amide bonds. The molecule has 0 saturated heterocycles. The van der Waals surface area contributed by atoms with Crippen molar-refractivity contribution in [1.29, 1.82) is 0 Å². The molecule has 1 aliphatic heterocycles. The molecule has 0 unspecified atom stereocenters. The second kappa shape index (κ2) is 5.01. The highest BCUT2D eigenvalue weighted by Crippen LogP contribution is 2.25. The zero-order valence-corrected chi connectivity index (χ0v) is 11.3. The Labute approximate surface area is 112 Å². The number of rotatable bonds is 3. The van der Waals surface area contributed by atoms with Crippen molar-refractivity contribution in [3.05, 3.63) is 30.5 Å². The quantitative estimate of drug-likeness (QED) is 0.912. The van der Waals surface area contributed by atoms with Crippen LogP contribution in [0.5, 0.6) is 5.75 Å². The number of pyridine rings is 1. The van der Waals surface area contributed by atoms with Crippen molar-refractivity contribution in [3.63, 3.8) is 0 Å². The van der Waals surface area contributed by atoms with Gasteiger partial charge in [-0.2, -0.15) is 0 Å². The second-order valence-corrected chi connectivity index (χ2v) is 4.96. The summed E-state index contributed by atoms with van der Waals surface area (Å²) in [4.78, 5) is 8.72. The zero-order valence-electron chi connectivity index (χ0n) is 11.3. The summed E-state index contributed by atoms with van der Waals surface area (Å²) in [7, 11) is 0. The Morgan fingerprint density at radius 1 is 1.32 bits per heavy atom. The molecule has 0 saturated carbocycles. The minimum Gasteiger partial charge on any atom is -0.489 e. The maximum atomic E-state index is 5.69. The number of ether oxygens (including phenoxy) is 1. The van der Waals surface area contributed by atoms with E-state index in [1.54, 1.807) is 6.20 Å². The molecule has 2 aromatic heterocycles. The number of nitrogens with one attached hydrogen (secondary N) is 1. The number of nitrogens with zero attached hydrogens (tertiary/aromatic N) is 3. The van der Waals surface area contributed by atoms with Gasteiger partial charge >= 0.3 is 0 Å². The van der Waals surface area contributed by atoms with Gasteiger partial charge in [-0.3, -0.25) is 4.98 Å². The molecule has 1 N–H and O–H groups in total. The first-order valence-electron chi connectivity index (χ1n) is 6.61. The third-order valence-electron chi connectivity index (χ3n) is 3.11. The standard InChI is InChI=1S/C14H18N4O/c1-10(2)19-12-5-11(6-16-7-12)13-8-17-14-9-15-3-4-18(13)14/h5-8,10,15H,3-4,9H2,1-2H3. The molecule has 0 fully saturated rings. The summed E-state index contributed by atoms with van der Waals surface area (Å²) in [5.41, 5.74) is 2.16. The molecular formula is C14H18N4O. The summed E-state index contributed by atoms with van der Waals surface area (Å²) in [5, 5.41) is 3.32. The number of hydrogen-bond donors (Lipinski definition) is 1. The van der Waals surface area contributed by atoms with Crippen molar-refractivity contribution in [3.8, 4) is 17.0 Å². The van der Waals surface area contributed by atoms with Crippen LogP contribution in [0.2, 0.25) is 0 Å². The van der Waals surface area contributed by atoms with E-state index in [-0.39, 0.29) is 6.10 Å². The van der Waals surface area contributed by atoms with E-state index in [0.717, 1.165) is 42.5 Å². The summed E-state index contributed by atoms with van der Waals surface area (Å²) in [5.74, 6) is 1.88. The smallest absolute Gasteiger partial charge is 0.138 e. The van der Waals surface area contributed by atoms with Crippen LogP contribution in [0.3, 0.4) is 0 Å². The van der Waals surface area contributed by atoms with Gasteiger partial charge in [-0.05, 0) is 19.9 Å². The van der Waals surface area contributed by atoms with Crippen LogP contribution < -0.4 is 10.1 Å². The molecule has 0 spiro atoms. The highest BCUT2D eigenvalue weighted by Gasteiger charge is 2.15. The second-order valence-electron chi connectivity index (χ2n) is 4.96. The largest absolute Gasteiger partial charge is 0.489 e. The van der Waals surface area contributed by atoms with Crippen LogP contribution in [-0.2, 0) is 13.1 Å². The molecule has 19 heavy (non-hydrogen) atoms. The molecular weight excluding hydrogens is 240 g/mol. The normalized spacial score (nSPS) is 14.5. The topological polar surface area (TPSA) is 52.0 Å². The summed E-state index contributed by atoms with van der Waals surface area (Å²) in [6, 6.07) is 2.03. The fourth-order valence-corrected chi connectivity index (χ4v) is 2.32. The third kappa shape index (κ3) is 2.46. The van der Waals surface area contributed by atoms with Crippen LogP contribution in [0, 0.1) is 0 Å². The van der Waals surface area contributed by atoms with Crippen LogP contribution in [0.4, 0.5) is 0 Å². The van der Waals surface area contributed by atoms with E-state index in [1.165, 1.54) is 0 Å². The van der Waals surface area contributed by atoms with Crippen LogP contribution in [0.1, 0.15) is 19.7 Å². The van der Waals surface area contributed by atoms with Gasteiger partial charge < -0.3 is 14.6 Å². The average molecular weight is 258 g/mol. The molecule has 5 heteroatoms. The lowest BCUT2D eigenvalue weighted by molar-refractivity contribution is 0.241. The zero-order chi connectivity index (χ0) is 13.2. The molecule has 0 bridgehead atoms. The van der Waals surface area contributed by atoms with Crippen molar-refractivity contribution in [2.75, 3.05) is 6.54 Å². The molecule has 3 heterocycles. The lowest BCUT2D eigenvalue weighted by Gasteiger charge is -2.18. The highest BCUT2D eigenvalue weighted by molar-refractivity contribution is 5.60. The lowest BCUT2D eigenvalue weighted by Crippen LogP contribution is -2.28. The Morgan fingerprint density at radius 3 is 3.05 bits per heavy atom. The molecule has 0 atom stereocenters. The predicted octanol–water partition coefficient (Wildman–Crippen LogP) is 1.84. The van der Waals surface area contributed by atoms with Gasteiger partial charge in [0.15, 0.2) is 0 Å². The molecule has 0 aliphatic carbocycles. The van der Waals surface area contributed by atoms with Crippen LogP contribution in [-0.4, -0.2) is 27.2 Å². The van der Waals surface area contributed by atoms with E-state index in [2.05, 4.69) is 19.9 Å². The first-order valence-corrected chi connectivity index (χ1v) is 6.61. The highest BCUT2D eigenvalue weighted by atomic mass is 16.5. The third-order valence-corrected chi connectivity index (χ3v) is 3.11. The van der Waals surface area contributed by atoms with Gasteiger partial charge in [0, 0.05) is 24.8 Å². The number of imidazole rings is 1. The van der Waals surface area contributed by atoms with Gasteiger partial charge in [0.05, 0.1) is 30.7 Å². The fourth-order valence-electron chi connectivity index (χ4n) is 2.32. The van der Waals surface area contributed by atoms with E-state index in [1.807, 2.05) is 32.3 Å². The van der Waals surface area contributed by atoms with Gasteiger partial charge in [-0.15, -0.1) is 0 Å². The molecule has 0 radical (unpaired) electrons. The minimum atomic E-state index is 0.153. The molecule has 0 aromatic carbocycles. The molecule has 5 nitrogen and oxygen atoms in total. The van der Waals surface area contributed by atoms with E-state index in [4.69, 9.17) is 4.74 Å². The van der Waals surface area contributed by atoms with Crippen molar-refractivity contribution < 1.29 is 4.74 Å². The van der Waals surface area contributed by atoms with Crippen LogP contribution >= 0.6 is 0 Å². The lowest BCUT2D eigenvalue weighted by atomic mass is 10.2.